The molecule has 1 atom stereocenters. The Bertz CT molecular complexity index is 714. The van der Waals surface area contributed by atoms with E-state index in [2.05, 4.69) is 17.6 Å². The predicted molar refractivity (Wildman–Crippen MR) is 101 cm³/mol. The number of benzene rings is 1. The zero-order valence-corrected chi connectivity index (χ0v) is 16.1. The Morgan fingerprint density at radius 3 is 2.67 bits per heavy atom. The van der Waals surface area contributed by atoms with Crippen molar-refractivity contribution in [2.24, 2.45) is 0 Å². The predicted octanol–water partition coefficient (Wildman–Crippen LogP) is 3.54. The number of aromatic hydroxyl groups is 1. The van der Waals surface area contributed by atoms with Gasteiger partial charge in [-0.2, -0.15) is 0 Å². The topological polar surface area (TPSA) is 96.9 Å². The number of phenolic OH excluding ortho intramolecular Hbond substituents is 1. The van der Waals surface area contributed by atoms with Crippen LogP contribution in [0.25, 0.3) is 0 Å². The van der Waals surface area contributed by atoms with Gasteiger partial charge in [0.05, 0.1) is 25.3 Å². The summed E-state index contributed by atoms with van der Waals surface area (Å²) in [6.45, 7) is 4.16. The summed E-state index contributed by atoms with van der Waals surface area (Å²) in [5.74, 6) is -0.215. The molecule has 0 saturated heterocycles. The third-order valence-corrected chi connectivity index (χ3v) is 4.51. The van der Waals surface area contributed by atoms with E-state index in [0.29, 0.717) is 23.4 Å². The lowest BCUT2D eigenvalue weighted by molar-refractivity contribution is -0.139. The Morgan fingerprint density at radius 1 is 1.22 bits per heavy atom. The molecule has 0 aliphatic carbocycles. The fraction of sp³-hybridized carbons (Fsp3) is 0.500. The van der Waals surface area contributed by atoms with Gasteiger partial charge >= 0.3 is 12.0 Å². The summed E-state index contributed by atoms with van der Waals surface area (Å²) >= 11 is 0. The number of nitrogens with one attached hydrogen (secondary N) is 2. The van der Waals surface area contributed by atoms with Crippen LogP contribution in [-0.4, -0.2) is 30.8 Å². The largest absolute Gasteiger partial charge is 0.504 e. The number of hydrogen-bond donors (Lipinski definition) is 3. The van der Waals surface area contributed by atoms with E-state index in [4.69, 9.17) is 9.47 Å². The van der Waals surface area contributed by atoms with Gasteiger partial charge in [-0.25, -0.2) is 9.59 Å². The van der Waals surface area contributed by atoms with Crippen molar-refractivity contribution in [2.45, 2.75) is 52.0 Å². The maximum Gasteiger partial charge on any atom is 0.338 e. The van der Waals surface area contributed by atoms with Crippen molar-refractivity contribution in [3.05, 3.63) is 35.0 Å². The van der Waals surface area contributed by atoms with E-state index in [-0.39, 0.29) is 11.5 Å². The van der Waals surface area contributed by atoms with E-state index in [1.54, 1.807) is 19.1 Å². The van der Waals surface area contributed by atoms with Crippen LogP contribution in [0.15, 0.2) is 29.5 Å². The van der Waals surface area contributed by atoms with Crippen LogP contribution in [0.3, 0.4) is 0 Å². The smallest absolute Gasteiger partial charge is 0.338 e. The number of ether oxygens (including phenoxy) is 2. The number of urea groups is 1. The summed E-state index contributed by atoms with van der Waals surface area (Å²) in [5.41, 5.74) is 1.41. The molecule has 1 aliphatic rings. The van der Waals surface area contributed by atoms with Crippen molar-refractivity contribution in [3.63, 3.8) is 0 Å². The molecule has 2 amide bonds. The standard InChI is InChI=1S/C20H28N2O5/c1-4-5-6-7-8-11-27-19(24)17-13(2)21-20(25)22-18(17)14-9-10-15(23)16(12-14)26-3/h9-10,12,18,23H,4-8,11H2,1-3H3,(H2,21,22,25)/t18-/m0/s1. The average molecular weight is 376 g/mol. The summed E-state index contributed by atoms with van der Waals surface area (Å²) in [6, 6.07) is 3.62. The number of esters is 1. The van der Waals surface area contributed by atoms with Crippen molar-refractivity contribution in [1.82, 2.24) is 10.6 Å². The van der Waals surface area contributed by atoms with Crippen LogP contribution >= 0.6 is 0 Å². The molecule has 0 radical (unpaired) electrons. The molecule has 1 aromatic rings. The number of allylic oxidation sites excluding steroid dienone is 1. The highest BCUT2D eigenvalue weighted by Gasteiger charge is 2.32. The quantitative estimate of drug-likeness (QED) is 0.452. The molecule has 0 fully saturated rings. The van der Waals surface area contributed by atoms with Gasteiger partial charge in [-0.05, 0) is 31.0 Å². The van der Waals surface area contributed by atoms with Crippen molar-refractivity contribution in [1.29, 1.82) is 0 Å². The maximum atomic E-state index is 12.7. The van der Waals surface area contributed by atoms with Crippen LogP contribution in [-0.2, 0) is 9.53 Å². The minimum atomic E-state index is -0.680. The maximum absolute atomic E-state index is 12.7. The van der Waals surface area contributed by atoms with Crippen LogP contribution in [0.1, 0.15) is 57.6 Å². The number of amides is 2. The van der Waals surface area contributed by atoms with Crippen LogP contribution in [0.4, 0.5) is 4.79 Å². The zero-order valence-electron chi connectivity index (χ0n) is 16.1. The molecule has 7 nitrogen and oxygen atoms in total. The Morgan fingerprint density at radius 2 is 1.96 bits per heavy atom. The van der Waals surface area contributed by atoms with Gasteiger partial charge in [-0.1, -0.05) is 38.7 Å². The number of phenols is 1. The van der Waals surface area contributed by atoms with Gasteiger partial charge in [0.15, 0.2) is 11.5 Å². The average Bonchev–Trinajstić information content (AvgIpc) is 2.64. The number of unbranched alkanes of at least 4 members (excludes halogenated alkanes) is 4. The van der Waals surface area contributed by atoms with Gasteiger partial charge in [-0.15, -0.1) is 0 Å². The summed E-state index contributed by atoms with van der Waals surface area (Å²) in [7, 11) is 1.44. The molecule has 1 aromatic carbocycles. The van der Waals surface area contributed by atoms with Gasteiger partial charge < -0.3 is 25.2 Å². The molecule has 148 valence electrons. The van der Waals surface area contributed by atoms with E-state index in [0.717, 1.165) is 25.7 Å². The Balaban J connectivity index is 2.14. The first-order valence-electron chi connectivity index (χ1n) is 9.30. The molecule has 2 rings (SSSR count). The van der Waals surface area contributed by atoms with Crippen LogP contribution in [0.2, 0.25) is 0 Å². The second kappa shape index (κ2) is 9.85. The number of hydrogen-bond acceptors (Lipinski definition) is 5. The minimum absolute atomic E-state index is 0.0154. The number of rotatable bonds is 9. The summed E-state index contributed by atoms with van der Waals surface area (Å²) in [6.07, 6.45) is 5.31. The highest BCUT2D eigenvalue weighted by Crippen LogP contribution is 2.33. The Kier molecular flexibility index (Phi) is 7.52. The van der Waals surface area contributed by atoms with Gasteiger partial charge in [0.1, 0.15) is 0 Å². The van der Waals surface area contributed by atoms with E-state index < -0.39 is 18.0 Å². The number of carbonyl (C=O) groups excluding carboxylic acids is 2. The number of carbonyl (C=O) groups is 2. The Labute approximate surface area is 159 Å². The molecule has 0 spiro atoms. The van der Waals surface area contributed by atoms with Crippen molar-refractivity contribution < 1.29 is 24.2 Å². The van der Waals surface area contributed by atoms with Crippen LogP contribution in [0.5, 0.6) is 11.5 Å². The van der Waals surface area contributed by atoms with Gasteiger partial charge in [0.25, 0.3) is 0 Å². The molecular formula is C20H28N2O5. The molecule has 3 N–H and O–H groups in total. The van der Waals surface area contributed by atoms with E-state index >= 15 is 0 Å². The molecule has 0 unspecified atom stereocenters. The molecule has 1 heterocycles. The van der Waals surface area contributed by atoms with Crippen molar-refractivity contribution in [2.75, 3.05) is 13.7 Å². The van der Waals surface area contributed by atoms with Crippen LogP contribution in [0, 0.1) is 0 Å². The molecule has 7 heteroatoms. The Hall–Kier alpha value is -2.70. The van der Waals surface area contributed by atoms with Gasteiger partial charge in [0.2, 0.25) is 0 Å². The molecule has 1 aliphatic heterocycles. The van der Waals surface area contributed by atoms with Crippen molar-refractivity contribution >= 4 is 12.0 Å². The van der Waals surface area contributed by atoms with Gasteiger partial charge in [0, 0.05) is 5.70 Å². The highest BCUT2D eigenvalue weighted by molar-refractivity contribution is 5.95. The van der Waals surface area contributed by atoms with Crippen LogP contribution < -0.4 is 15.4 Å². The third kappa shape index (κ3) is 5.39. The first kappa shape index (κ1) is 20.6. The monoisotopic (exact) mass is 376 g/mol. The van der Waals surface area contributed by atoms with Gasteiger partial charge in [-0.3, -0.25) is 0 Å². The zero-order chi connectivity index (χ0) is 19.8. The number of methoxy groups -OCH3 is 1. The fourth-order valence-corrected chi connectivity index (χ4v) is 3.04. The second-order valence-electron chi connectivity index (χ2n) is 6.55. The fourth-order valence-electron chi connectivity index (χ4n) is 3.04. The first-order chi connectivity index (χ1) is 13.0. The molecule has 0 saturated carbocycles. The minimum Gasteiger partial charge on any atom is -0.504 e. The lowest BCUT2D eigenvalue weighted by Crippen LogP contribution is -2.45. The summed E-state index contributed by atoms with van der Waals surface area (Å²) < 4.78 is 10.6. The van der Waals surface area contributed by atoms with E-state index in [1.165, 1.54) is 19.6 Å². The molecule has 0 aromatic heterocycles. The SMILES string of the molecule is CCCCCCCOC(=O)C1=C(C)NC(=O)N[C@H]1c1ccc(O)c(OC)c1. The van der Waals surface area contributed by atoms with Crippen molar-refractivity contribution in [3.8, 4) is 11.5 Å². The molecular weight excluding hydrogens is 348 g/mol. The summed E-state index contributed by atoms with van der Waals surface area (Å²) in [4.78, 5) is 24.6. The lowest BCUT2D eigenvalue weighted by Gasteiger charge is -2.28. The second-order valence-corrected chi connectivity index (χ2v) is 6.55. The molecule has 27 heavy (non-hydrogen) atoms. The van der Waals surface area contributed by atoms with E-state index in [9.17, 15) is 14.7 Å². The first-order valence-corrected chi connectivity index (χ1v) is 9.30. The molecule has 0 bridgehead atoms. The third-order valence-electron chi connectivity index (χ3n) is 4.51. The highest BCUT2D eigenvalue weighted by atomic mass is 16.5. The summed E-state index contributed by atoms with van der Waals surface area (Å²) in [5, 5.41) is 15.1. The normalized spacial score (nSPS) is 16.6. The van der Waals surface area contributed by atoms with E-state index in [1.807, 2.05) is 0 Å². The lowest BCUT2D eigenvalue weighted by atomic mass is 9.95.